The fourth-order valence-corrected chi connectivity index (χ4v) is 3.31. The summed E-state index contributed by atoms with van der Waals surface area (Å²) in [5, 5.41) is 8.43. The lowest BCUT2D eigenvalue weighted by atomic mass is 10.2. The van der Waals surface area contributed by atoms with Crippen LogP contribution in [0.15, 0.2) is 46.8 Å². The van der Waals surface area contributed by atoms with Gasteiger partial charge in [-0.2, -0.15) is 0 Å². The van der Waals surface area contributed by atoms with Crippen LogP contribution in [0.3, 0.4) is 0 Å². The normalized spacial score (nSPS) is 10.9. The van der Waals surface area contributed by atoms with Gasteiger partial charge in [-0.25, -0.2) is 0 Å². The number of nitrogens with zero attached hydrogens (tertiary/aromatic N) is 2. The van der Waals surface area contributed by atoms with Crippen LogP contribution in [0.4, 0.5) is 5.69 Å². The number of amides is 1. The van der Waals surface area contributed by atoms with Crippen LogP contribution < -0.4 is 10.6 Å². The summed E-state index contributed by atoms with van der Waals surface area (Å²) in [4.78, 5) is 19.6. The molecule has 0 aliphatic heterocycles. The van der Waals surface area contributed by atoms with Crippen molar-refractivity contribution < 1.29 is 4.79 Å². The van der Waals surface area contributed by atoms with Crippen LogP contribution in [0.25, 0.3) is 0 Å². The van der Waals surface area contributed by atoms with Crippen LogP contribution in [0.2, 0.25) is 0 Å². The van der Waals surface area contributed by atoms with Crippen molar-refractivity contribution in [1.82, 2.24) is 10.2 Å². The van der Waals surface area contributed by atoms with E-state index in [0.29, 0.717) is 13.0 Å². The predicted octanol–water partition coefficient (Wildman–Crippen LogP) is 4.35. The molecule has 0 saturated carbocycles. The van der Waals surface area contributed by atoms with Gasteiger partial charge < -0.3 is 15.5 Å². The van der Waals surface area contributed by atoms with Gasteiger partial charge in [0.05, 0.1) is 0 Å². The molecule has 0 aliphatic rings. The van der Waals surface area contributed by atoms with Gasteiger partial charge in [-0.1, -0.05) is 25.1 Å². The van der Waals surface area contributed by atoms with Crippen LogP contribution in [-0.4, -0.2) is 37.4 Å². The van der Waals surface area contributed by atoms with Gasteiger partial charge in [0.25, 0.3) is 0 Å². The number of hydrogen-bond donors (Lipinski definition) is 2. The quantitative estimate of drug-likeness (QED) is 0.322. The van der Waals surface area contributed by atoms with E-state index >= 15 is 0 Å². The summed E-state index contributed by atoms with van der Waals surface area (Å²) in [5.74, 6) is 0.920. The van der Waals surface area contributed by atoms with Crippen molar-refractivity contribution in [2.75, 3.05) is 26.0 Å². The summed E-state index contributed by atoms with van der Waals surface area (Å²) in [6.45, 7) is 3.57. The standard InChI is InChI=1S/C20H28N4OS.HI/c1-4-7-19(25)23-17-9-5-8-16(14-17)15-22-20(21-2)24(3)12-11-18-10-6-13-26-18;/h5-6,8-10,13-14H,4,7,11-12,15H2,1-3H3,(H,21,22)(H,23,25);1H. The number of nitrogens with one attached hydrogen (secondary N) is 2. The van der Waals surface area contributed by atoms with Crippen molar-refractivity contribution in [2.45, 2.75) is 32.7 Å². The number of guanidine groups is 1. The maximum Gasteiger partial charge on any atom is 0.224 e. The average molecular weight is 500 g/mol. The maximum absolute atomic E-state index is 11.7. The first-order chi connectivity index (χ1) is 12.6. The van der Waals surface area contributed by atoms with Gasteiger partial charge in [0, 0.05) is 44.2 Å². The molecular weight excluding hydrogens is 471 g/mol. The molecule has 1 aromatic heterocycles. The number of aliphatic imine (C=N–C) groups is 1. The van der Waals surface area contributed by atoms with Crippen molar-refractivity contribution >= 4 is 52.9 Å². The van der Waals surface area contributed by atoms with Crippen LogP contribution >= 0.6 is 35.3 Å². The first kappa shape index (κ1) is 23.4. The molecule has 0 unspecified atom stereocenters. The zero-order valence-electron chi connectivity index (χ0n) is 16.2. The average Bonchev–Trinajstić information content (AvgIpc) is 3.14. The molecule has 0 spiro atoms. The van der Waals surface area contributed by atoms with Gasteiger partial charge in [-0.05, 0) is 42.0 Å². The monoisotopic (exact) mass is 500 g/mol. The minimum absolute atomic E-state index is 0. The molecule has 1 aromatic carbocycles. The summed E-state index contributed by atoms with van der Waals surface area (Å²) >= 11 is 1.78. The Balaban J connectivity index is 0.00000364. The van der Waals surface area contributed by atoms with E-state index in [2.05, 4.69) is 38.0 Å². The topological polar surface area (TPSA) is 56.7 Å². The molecule has 0 radical (unpaired) electrons. The smallest absolute Gasteiger partial charge is 0.224 e. The second kappa shape index (κ2) is 12.7. The summed E-state index contributed by atoms with van der Waals surface area (Å²) in [6.07, 6.45) is 2.40. The molecule has 148 valence electrons. The van der Waals surface area contributed by atoms with E-state index in [1.165, 1.54) is 4.88 Å². The van der Waals surface area contributed by atoms with E-state index < -0.39 is 0 Å². The number of likely N-dealkylation sites (N-methyl/N-ethyl adjacent to an activating group) is 1. The summed E-state index contributed by atoms with van der Waals surface area (Å²) in [6, 6.07) is 12.2. The first-order valence-electron chi connectivity index (χ1n) is 8.95. The van der Waals surface area contributed by atoms with Crippen molar-refractivity contribution in [3.8, 4) is 0 Å². The largest absolute Gasteiger partial charge is 0.352 e. The number of halogens is 1. The minimum atomic E-state index is 0. The third-order valence-electron chi connectivity index (χ3n) is 3.99. The van der Waals surface area contributed by atoms with Crippen LogP contribution in [0.5, 0.6) is 0 Å². The molecule has 2 aromatic rings. The molecule has 5 nitrogen and oxygen atoms in total. The number of carbonyl (C=O) groups is 1. The lowest BCUT2D eigenvalue weighted by Crippen LogP contribution is -2.39. The predicted molar refractivity (Wildman–Crippen MR) is 126 cm³/mol. The van der Waals surface area contributed by atoms with Gasteiger partial charge in [0.15, 0.2) is 5.96 Å². The van der Waals surface area contributed by atoms with Crippen molar-refractivity contribution in [2.24, 2.45) is 4.99 Å². The molecule has 0 saturated heterocycles. The second-order valence-electron chi connectivity index (χ2n) is 6.15. The lowest BCUT2D eigenvalue weighted by molar-refractivity contribution is -0.116. The fraction of sp³-hybridized carbons (Fsp3) is 0.400. The second-order valence-corrected chi connectivity index (χ2v) is 7.18. The molecule has 0 aliphatic carbocycles. The highest BCUT2D eigenvalue weighted by atomic mass is 127. The van der Waals surface area contributed by atoms with Crippen LogP contribution in [0, 0.1) is 0 Å². The SMILES string of the molecule is CCCC(=O)Nc1cccc(CNC(=NC)N(C)CCc2cccs2)c1.I. The summed E-state index contributed by atoms with van der Waals surface area (Å²) in [5.41, 5.74) is 1.94. The molecule has 2 N–H and O–H groups in total. The highest BCUT2D eigenvalue weighted by molar-refractivity contribution is 14.0. The van der Waals surface area contributed by atoms with Gasteiger partial charge >= 0.3 is 0 Å². The molecule has 1 heterocycles. The Morgan fingerprint density at radius 1 is 1.26 bits per heavy atom. The van der Waals surface area contributed by atoms with Crippen molar-refractivity contribution in [3.05, 3.63) is 52.2 Å². The number of thiophene rings is 1. The number of benzene rings is 1. The van der Waals surface area contributed by atoms with Gasteiger partial charge in [-0.3, -0.25) is 9.79 Å². The van der Waals surface area contributed by atoms with Crippen LogP contribution in [-0.2, 0) is 17.8 Å². The summed E-state index contributed by atoms with van der Waals surface area (Å²) < 4.78 is 0. The van der Waals surface area contributed by atoms with Crippen LogP contribution in [0.1, 0.15) is 30.2 Å². The zero-order chi connectivity index (χ0) is 18.8. The Morgan fingerprint density at radius 2 is 2.07 bits per heavy atom. The third-order valence-corrected chi connectivity index (χ3v) is 4.92. The molecule has 27 heavy (non-hydrogen) atoms. The highest BCUT2D eigenvalue weighted by Crippen LogP contribution is 2.12. The highest BCUT2D eigenvalue weighted by Gasteiger charge is 2.07. The molecular formula is C20H29IN4OS. The summed E-state index contributed by atoms with van der Waals surface area (Å²) in [7, 11) is 3.84. The molecule has 0 fully saturated rings. The molecule has 1 amide bonds. The zero-order valence-corrected chi connectivity index (χ0v) is 19.3. The van der Waals surface area contributed by atoms with E-state index in [-0.39, 0.29) is 29.9 Å². The Morgan fingerprint density at radius 3 is 2.74 bits per heavy atom. The first-order valence-corrected chi connectivity index (χ1v) is 9.83. The van der Waals surface area contributed by atoms with Crippen molar-refractivity contribution in [3.63, 3.8) is 0 Å². The lowest BCUT2D eigenvalue weighted by Gasteiger charge is -2.22. The maximum atomic E-state index is 11.7. The van der Waals surface area contributed by atoms with Crippen molar-refractivity contribution in [1.29, 1.82) is 0 Å². The number of rotatable bonds is 8. The molecule has 2 rings (SSSR count). The Bertz CT molecular complexity index is 719. The Kier molecular flexibility index (Phi) is 11.0. The number of hydrogen-bond acceptors (Lipinski definition) is 3. The number of carbonyl (C=O) groups excluding carboxylic acids is 1. The molecule has 7 heteroatoms. The minimum Gasteiger partial charge on any atom is -0.352 e. The van der Waals surface area contributed by atoms with Gasteiger partial charge in [-0.15, -0.1) is 35.3 Å². The van der Waals surface area contributed by atoms with E-state index in [4.69, 9.17) is 0 Å². The van der Waals surface area contributed by atoms with E-state index in [1.807, 2.05) is 38.2 Å². The third kappa shape index (κ3) is 8.30. The Labute approximate surface area is 183 Å². The van der Waals surface area contributed by atoms with Gasteiger partial charge in [0.2, 0.25) is 5.91 Å². The van der Waals surface area contributed by atoms with E-state index in [9.17, 15) is 4.79 Å². The van der Waals surface area contributed by atoms with E-state index in [1.54, 1.807) is 18.4 Å². The van der Waals surface area contributed by atoms with E-state index in [0.717, 1.165) is 36.6 Å². The number of anilines is 1. The molecule has 0 atom stereocenters. The fourth-order valence-electron chi connectivity index (χ4n) is 2.61. The van der Waals surface area contributed by atoms with Gasteiger partial charge in [0.1, 0.15) is 0 Å². The molecule has 0 bridgehead atoms. The Hall–Kier alpha value is -1.61.